The van der Waals surface area contributed by atoms with E-state index in [9.17, 15) is 13.2 Å². The monoisotopic (exact) mass is 468 g/mol. The molecule has 1 heterocycles. The van der Waals surface area contributed by atoms with Crippen molar-refractivity contribution >= 4 is 27.1 Å². The van der Waals surface area contributed by atoms with E-state index in [1.807, 2.05) is 13.8 Å². The fourth-order valence-corrected chi connectivity index (χ4v) is 4.78. The Balaban J connectivity index is 1.54. The fourth-order valence-electron chi connectivity index (χ4n) is 3.33. The van der Waals surface area contributed by atoms with Crippen LogP contribution in [-0.2, 0) is 14.6 Å². The Morgan fingerprint density at radius 1 is 1.00 bits per heavy atom. The van der Waals surface area contributed by atoms with E-state index < -0.39 is 9.84 Å². The van der Waals surface area contributed by atoms with Gasteiger partial charge in [0.25, 0.3) is 0 Å². The number of carbonyl (C=O) groups is 1. The Morgan fingerprint density at radius 3 is 2.52 bits per heavy atom. The van der Waals surface area contributed by atoms with E-state index in [0.717, 1.165) is 5.56 Å². The summed E-state index contributed by atoms with van der Waals surface area (Å²) in [4.78, 5) is 12.7. The van der Waals surface area contributed by atoms with Crippen molar-refractivity contribution in [3.8, 4) is 17.2 Å². The summed E-state index contributed by atoms with van der Waals surface area (Å²) in [6, 6.07) is 16.4. The first kappa shape index (κ1) is 22.5. The number of sulfone groups is 1. The molecule has 2 N–H and O–H groups in total. The lowest BCUT2D eigenvalue weighted by molar-refractivity contribution is -0.114. The van der Waals surface area contributed by atoms with Crippen LogP contribution in [-0.4, -0.2) is 34.3 Å². The maximum atomic E-state index is 13.3. The Kier molecular flexibility index (Phi) is 6.41. The van der Waals surface area contributed by atoms with Crippen LogP contribution in [0.4, 0.5) is 11.4 Å². The van der Waals surface area contributed by atoms with Crippen molar-refractivity contribution in [3.05, 3.63) is 66.2 Å². The van der Waals surface area contributed by atoms with Crippen LogP contribution in [0.2, 0.25) is 0 Å². The van der Waals surface area contributed by atoms with Crippen molar-refractivity contribution in [2.24, 2.45) is 0 Å². The molecule has 1 aliphatic heterocycles. The molecule has 0 saturated heterocycles. The largest absolute Gasteiger partial charge is 0.494 e. The van der Waals surface area contributed by atoms with E-state index in [1.165, 1.54) is 6.07 Å². The number of benzene rings is 3. The van der Waals surface area contributed by atoms with E-state index in [0.29, 0.717) is 35.2 Å². The average Bonchev–Trinajstić information content (AvgIpc) is 3.26. The minimum atomic E-state index is -3.85. The van der Waals surface area contributed by atoms with Gasteiger partial charge in [-0.25, -0.2) is 8.42 Å². The molecule has 9 heteroatoms. The Labute approximate surface area is 192 Å². The predicted molar refractivity (Wildman–Crippen MR) is 124 cm³/mol. The molecule has 0 aliphatic carbocycles. The molecule has 0 saturated carbocycles. The molecule has 3 aromatic rings. The van der Waals surface area contributed by atoms with Crippen LogP contribution in [0.15, 0.2) is 70.5 Å². The van der Waals surface area contributed by atoms with Gasteiger partial charge in [0.15, 0.2) is 11.5 Å². The summed E-state index contributed by atoms with van der Waals surface area (Å²) in [6.45, 7) is 4.11. The second-order valence-electron chi connectivity index (χ2n) is 7.38. The molecule has 172 valence electrons. The topological polar surface area (TPSA) is 103 Å². The number of rotatable bonds is 8. The number of nitrogens with one attached hydrogen (secondary N) is 2. The summed E-state index contributed by atoms with van der Waals surface area (Å²) in [5.74, 6) is 1.25. The van der Waals surface area contributed by atoms with Crippen LogP contribution in [0, 0.1) is 6.92 Å². The molecule has 1 amide bonds. The Morgan fingerprint density at radius 2 is 1.76 bits per heavy atom. The van der Waals surface area contributed by atoms with Gasteiger partial charge in [-0.05, 0) is 50.2 Å². The highest BCUT2D eigenvalue weighted by atomic mass is 32.2. The predicted octanol–water partition coefficient (Wildman–Crippen LogP) is 4.01. The van der Waals surface area contributed by atoms with Gasteiger partial charge < -0.3 is 24.8 Å². The highest BCUT2D eigenvalue weighted by Crippen LogP contribution is 2.34. The third kappa shape index (κ3) is 5.04. The van der Waals surface area contributed by atoms with Gasteiger partial charge in [-0.15, -0.1) is 0 Å². The van der Waals surface area contributed by atoms with Gasteiger partial charge >= 0.3 is 0 Å². The number of aryl methyl sites for hydroxylation is 1. The number of amides is 1. The van der Waals surface area contributed by atoms with Crippen LogP contribution < -0.4 is 24.8 Å². The van der Waals surface area contributed by atoms with Gasteiger partial charge in [-0.1, -0.05) is 17.7 Å². The Hall–Kier alpha value is -3.72. The van der Waals surface area contributed by atoms with Crippen LogP contribution in [0.5, 0.6) is 17.2 Å². The summed E-state index contributed by atoms with van der Waals surface area (Å²) in [7, 11) is -3.85. The molecular formula is C24H24N2O6S. The highest BCUT2D eigenvalue weighted by molar-refractivity contribution is 7.91. The summed E-state index contributed by atoms with van der Waals surface area (Å²) in [6.07, 6.45) is 0. The lowest BCUT2D eigenvalue weighted by atomic mass is 10.2. The van der Waals surface area contributed by atoms with Gasteiger partial charge in [-0.2, -0.15) is 0 Å². The number of hydrogen-bond donors (Lipinski definition) is 2. The summed E-state index contributed by atoms with van der Waals surface area (Å²) < 4.78 is 42.8. The first-order valence-electron chi connectivity index (χ1n) is 10.4. The number of ether oxygens (including phenoxy) is 3. The van der Waals surface area contributed by atoms with Crippen LogP contribution in [0.3, 0.4) is 0 Å². The van der Waals surface area contributed by atoms with E-state index in [-0.39, 0.29) is 29.0 Å². The molecule has 33 heavy (non-hydrogen) atoms. The number of fused-ring (bicyclic) bond motifs is 1. The minimum Gasteiger partial charge on any atom is -0.494 e. The van der Waals surface area contributed by atoms with Gasteiger partial charge in [0, 0.05) is 17.8 Å². The van der Waals surface area contributed by atoms with Crippen molar-refractivity contribution in [2.45, 2.75) is 23.6 Å². The summed E-state index contributed by atoms with van der Waals surface area (Å²) >= 11 is 0. The smallest absolute Gasteiger partial charge is 0.243 e. The minimum absolute atomic E-state index is 0.0354. The summed E-state index contributed by atoms with van der Waals surface area (Å²) in [5.41, 5.74) is 1.81. The first-order chi connectivity index (χ1) is 15.9. The molecule has 0 radical (unpaired) electrons. The van der Waals surface area contributed by atoms with Crippen LogP contribution in [0.25, 0.3) is 0 Å². The lowest BCUT2D eigenvalue weighted by Gasteiger charge is -2.15. The quantitative estimate of drug-likeness (QED) is 0.515. The normalized spacial score (nSPS) is 12.3. The van der Waals surface area contributed by atoms with Gasteiger partial charge in [0.1, 0.15) is 5.75 Å². The zero-order valence-electron chi connectivity index (χ0n) is 18.3. The van der Waals surface area contributed by atoms with E-state index in [4.69, 9.17) is 14.2 Å². The zero-order chi connectivity index (χ0) is 23.4. The van der Waals surface area contributed by atoms with Crippen molar-refractivity contribution in [2.75, 3.05) is 30.6 Å². The van der Waals surface area contributed by atoms with Crippen LogP contribution in [0.1, 0.15) is 12.5 Å². The number of anilines is 2. The van der Waals surface area contributed by atoms with Crippen LogP contribution >= 0.6 is 0 Å². The maximum Gasteiger partial charge on any atom is 0.243 e. The average molecular weight is 469 g/mol. The fraction of sp³-hybridized carbons (Fsp3) is 0.208. The third-order valence-electron chi connectivity index (χ3n) is 4.98. The second-order valence-corrected chi connectivity index (χ2v) is 9.30. The second kappa shape index (κ2) is 9.41. The third-order valence-corrected chi connectivity index (χ3v) is 6.79. The van der Waals surface area contributed by atoms with Gasteiger partial charge in [0.2, 0.25) is 22.5 Å². The van der Waals surface area contributed by atoms with Gasteiger partial charge in [0.05, 0.1) is 28.6 Å². The highest BCUT2D eigenvalue weighted by Gasteiger charge is 2.23. The lowest BCUT2D eigenvalue weighted by Crippen LogP contribution is -2.22. The molecule has 0 aromatic heterocycles. The first-order valence-corrected chi connectivity index (χ1v) is 11.9. The maximum absolute atomic E-state index is 13.3. The Bertz CT molecular complexity index is 1270. The molecule has 0 spiro atoms. The standard InChI is InChI=1S/C24H24N2O6S/c1-3-30-18-7-10-20(23(13-18)33(28,29)19-8-4-16(2)5-9-19)25-14-24(27)26-17-6-11-21-22(12-17)32-15-31-21/h4-13,25H,3,14-15H2,1-2H3,(H,26,27). The SMILES string of the molecule is CCOc1ccc(NCC(=O)Nc2ccc3c(c2)OCO3)c(S(=O)(=O)c2ccc(C)cc2)c1. The molecule has 1 aliphatic rings. The number of hydrogen-bond acceptors (Lipinski definition) is 7. The van der Waals surface area contributed by atoms with E-state index in [2.05, 4.69) is 10.6 Å². The molecular weight excluding hydrogens is 444 g/mol. The summed E-state index contributed by atoms with van der Waals surface area (Å²) in [5, 5.41) is 5.70. The number of carbonyl (C=O) groups excluding carboxylic acids is 1. The van der Waals surface area contributed by atoms with E-state index >= 15 is 0 Å². The molecule has 0 atom stereocenters. The van der Waals surface area contributed by atoms with Crippen molar-refractivity contribution in [1.29, 1.82) is 0 Å². The van der Waals surface area contributed by atoms with Crippen molar-refractivity contribution < 1.29 is 27.4 Å². The van der Waals surface area contributed by atoms with Crippen molar-refractivity contribution in [3.63, 3.8) is 0 Å². The van der Waals surface area contributed by atoms with Gasteiger partial charge in [-0.3, -0.25) is 4.79 Å². The molecule has 0 bridgehead atoms. The molecule has 4 rings (SSSR count). The van der Waals surface area contributed by atoms with Crippen molar-refractivity contribution in [1.82, 2.24) is 0 Å². The molecule has 0 fully saturated rings. The molecule has 8 nitrogen and oxygen atoms in total. The molecule has 0 unspecified atom stereocenters. The zero-order valence-corrected chi connectivity index (χ0v) is 19.1. The molecule has 3 aromatic carbocycles. The van der Waals surface area contributed by atoms with E-state index in [1.54, 1.807) is 54.6 Å².